The van der Waals surface area contributed by atoms with E-state index >= 15 is 0 Å². The van der Waals surface area contributed by atoms with E-state index in [1.165, 1.54) is 0 Å². The highest BCUT2D eigenvalue weighted by molar-refractivity contribution is 7.96. The Kier molecular flexibility index (Phi) is 5.18. The molecular formula is C12H16N2O2S. The minimum atomic E-state index is -0.500. The molecule has 1 amide bonds. The average Bonchev–Trinajstić information content (AvgIpc) is 2.25. The van der Waals surface area contributed by atoms with E-state index in [0.717, 1.165) is 5.56 Å². The summed E-state index contributed by atoms with van der Waals surface area (Å²) >= 11 is 3.84. The van der Waals surface area contributed by atoms with Crippen molar-refractivity contribution in [2.24, 2.45) is 0 Å². The highest BCUT2D eigenvalue weighted by Gasteiger charge is 2.21. The average molecular weight is 252 g/mol. The summed E-state index contributed by atoms with van der Waals surface area (Å²) < 4.78 is 0. The lowest BCUT2D eigenvalue weighted by molar-refractivity contribution is -0.127. The normalized spacial score (nSPS) is 12.2. The van der Waals surface area contributed by atoms with Crippen LogP contribution in [0, 0.1) is 0 Å². The first-order chi connectivity index (χ1) is 8.00. The number of nitrogens with one attached hydrogen (secondary N) is 1. The van der Waals surface area contributed by atoms with Gasteiger partial charge in [0.1, 0.15) is 0 Å². The van der Waals surface area contributed by atoms with Gasteiger partial charge in [-0.1, -0.05) is 30.3 Å². The van der Waals surface area contributed by atoms with Gasteiger partial charge in [0, 0.05) is 20.5 Å². The minimum absolute atomic E-state index is 0.102. The number of carbonyl (C=O) groups is 2. The van der Waals surface area contributed by atoms with Gasteiger partial charge in [0.25, 0.3) is 0 Å². The molecule has 0 heterocycles. The van der Waals surface area contributed by atoms with Crippen molar-refractivity contribution in [1.29, 1.82) is 0 Å². The zero-order valence-corrected chi connectivity index (χ0v) is 10.8. The van der Waals surface area contributed by atoms with E-state index in [0.29, 0.717) is 0 Å². The number of nitrogens with zero attached hydrogens (tertiary/aromatic N) is 1. The van der Waals surface area contributed by atoms with Crippen LogP contribution in [0.2, 0.25) is 0 Å². The third kappa shape index (κ3) is 4.58. The van der Waals surface area contributed by atoms with Crippen LogP contribution in [0.5, 0.6) is 0 Å². The van der Waals surface area contributed by atoms with Crippen LogP contribution in [0.3, 0.4) is 0 Å². The van der Waals surface area contributed by atoms with Crippen LogP contribution >= 0.6 is 12.6 Å². The van der Waals surface area contributed by atoms with E-state index in [1.54, 1.807) is 19.1 Å². The number of thiol groups is 1. The molecule has 0 saturated heterocycles. The topological polar surface area (TPSA) is 49.4 Å². The molecule has 4 nitrogen and oxygen atoms in total. The van der Waals surface area contributed by atoms with Crippen molar-refractivity contribution in [1.82, 2.24) is 10.4 Å². The highest BCUT2D eigenvalue weighted by Crippen LogP contribution is 2.21. The summed E-state index contributed by atoms with van der Waals surface area (Å²) in [6.07, 6.45) is 0.102. The maximum atomic E-state index is 11.6. The van der Waals surface area contributed by atoms with Crippen molar-refractivity contribution in [2.45, 2.75) is 12.3 Å². The second-order valence-electron chi connectivity index (χ2n) is 3.94. The van der Waals surface area contributed by atoms with E-state index in [2.05, 4.69) is 18.1 Å². The molecule has 1 atom stereocenters. The molecule has 17 heavy (non-hydrogen) atoms. The van der Waals surface area contributed by atoms with E-state index in [-0.39, 0.29) is 17.4 Å². The second kappa shape index (κ2) is 6.42. The Hall–Kier alpha value is -1.33. The molecule has 92 valence electrons. The molecule has 1 unspecified atom stereocenters. The standard InChI is InChI=1S/C12H16N2O2S/c1-14(2)13-11(15)8-10(12(16)17)9-6-4-3-5-7-9/h3-7,10H,8H2,1-2H3,(H,13,15)(H,16,17). The van der Waals surface area contributed by atoms with Crippen molar-refractivity contribution < 1.29 is 9.59 Å². The number of hydrazine groups is 1. The van der Waals surface area contributed by atoms with Gasteiger partial charge < -0.3 is 0 Å². The van der Waals surface area contributed by atoms with Crippen molar-refractivity contribution in [3.8, 4) is 0 Å². The van der Waals surface area contributed by atoms with Gasteiger partial charge in [-0.05, 0) is 5.56 Å². The maximum Gasteiger partial charge on any atom is 0.235 e. The molecule has 1 N–H and O–H groups in total. The van der Waals surface area contributed by atoms with Gasteiger partial charge in [0.05, 0.1) is 5.92 Å². The Balaban J connectivity index is 2.75. The SMILES string of the molecule is CN(C)NC(=O)CC(C(=O)S)c1ccccc1. The fourth-order valence-electron chi connectivity index (χ4n) is 1.51. The fourth-order valence-corrected chi connectivity index (χ4v) is 1.75. The molecule has 0 aliphatic carbocycles. The van der Waals surface area contributed by atoms with Crippen LogP contribution in [-0.4, -0.2) is 30.1 Å². The highest BCUT2D eigenvalue weighted by atomic mass is 32.1. The van der Waals surface area contributed by atoms with E-state index in [1.807, 2.05) is 30.3 Å². The zero-order valence-electron chi connectivity index (χ0n) is 9.88. The zero-order chi connectivity index (χ0) is 12.8. The van der Waals surface area contributed by atoms with Crippen molar-refractivity contribution in [3.05, 3.63) is 35.9 Å². The second-order valence-corrected chi connectivity index (χ2v) is 4.38. The molecule has 0 radical (unpaired) electrons. The number of hydrogen-bond acceptors (Lipinski definition) is 3. The first-order valence-electron chi connectivity index (χ1n) is 5.25. The fraction of sp³-hybridized carbons (Fsp3) is 0.333. The van der Waals surface area contributed by atoms with Crippen LogP contribution in [-0.2, 0) is 9.59 Å². The summed E-state index contributed by atoms with van der Waals surface area (Å²) in [5.74, 6) is -0.703. The van der Waals surface area contributed by atoms with E-state index < -0.39 is 5.92 Å². The number of hydrogen-bond donors (Lipinski definition) is 2. The van der Waals surface area contributed by atoms with Crippen molar-refractivity contribution in [3.63, 3.8) is 0 Å². The maximum absolute atomic E-state index is 11.6. The third-order valence-electron chi connectivity index (χ3n) is 2.24. The van der Waals surface area contributed by atoms with Crippen molar-refractivity contribution >= 4 is 23.7 Å². The smallest absolute Gasteiger partial charge is 0.235 e. The lowest BCUT2D eigenvalue weighted by Gasteiger charge is -2.16. The van der Waals surface area contributed by atoms with Gasteiger partial charge in [-0.25, -0.2) is 5.01 Å². The van der Waals surface area contributed by atoms with Gasteiger partial charge in [0.15, 0.2) is 5.12 Å². The predicted molar refractivity (Wildman–Crippen MR) is 69.6 cm³/mol. The lowest BCUT2D eigenvalue weighted by Crippen LogP contribution is -2.37. The van der Waals surface area contributed by atoms with Gasteiger partial charge in [-0.15, -0.1) is 12.6 Å². The van der Waals surface area contributed by atoms with E-state index in [9.17, 15) is 9.59 Å². The molecule has 1 aromatic rings. The summed E-state index contributed by atoms with van der Waals surface area (Å²) in [6.45, 7) is 0. The third-order valence-corrected chi connectivity index (χ3v) is 2.55. The molecule has 0 aliphatic heterocycles. The van der Waals surface area contributed by atoms with Crippen LogP contribution in [0.15, 0.2) is 30.3 Å². The molecule has 1 rings (SSSR count). The summed E-state index contributed by atoms with van der Waals surface area (Å²) in [7, 11) is 3.44. The summed E-state index contributed by atoms with van der Waals surface area (Å²) in [5.41, 5.74) is 3.41. The Morgan fingerprint density at radius 2 is 1.88 bits per heavy atom. The Morgan fingerprint density at radius 3 is 2.35 bits per heavy atom. The molecule has 0 spiro atoms. The van der Waals surface area contributed by atoms with Crippen LogP contribution in [0.4, 0.5) is 0 Å². The minimum Gasteiger partial charge on any atom is -0.289 e. The predicted octanol–water partition coefficient (Wildman–Crippen LogP) is 1.21. The molecule has 0 saturated carbocycles. The molecule has 5 heteroatoms. The lowest BCUT2D eigenvalue weighted by atomic mass is 9.97. The molecule has 0 bridgehead atoms. The summed E-state index contributed by atoms with van der Waals surface area (Å²) in [5, 5.41) is 1.25. The summed E-state index contributed by atoms with van der Waals surface area (Å²) in [6, 6.07) is 9.18. The Labute approximate surface area is 106 Å². The quantitative estimate of drug-likeness (QED) is 0.612. The van der Waals surface area contributed by atoms with Gasteiger partial charge in [0.2, 0.25) is 5.91 Å². The number of carbonyl (C=O) groups excluding carboxylic acids is 2. The van der Waals surface area contributed by atoms with Crippen LogP contribution < -0.4 is 5.43 Å². The molecule has 0 aliphatic rings. The van der Waals surface area contributed by atoms with Gasteiger partial charge in [-0.2, -0.15) is 0 Å². The Bertz CT molecular complexity index is 393. The Morgan fingerprint density at radius 1 is 1.29 bits per heavy atom. The molecular weight excluding hydrogens is 236 g/mol. The van der Waals surface area contributed by atoms with Crippen LogP contribution in [0.25, 0.3) is 0 Å². The van der Waals surface area contributed by atoms with Gasteiger partial charge >= 0.3 is 0 Å². The number of rotatable bonds is 5. The number of amides is 1. The molecule has 0 aromatic heterocycles. The monoisotopic (exact) mass is 252 g/mol. The van der Waals surface area contributed by atoms with Crippen LogP contribution in [0.1, 0.15) is 17.9 Å². The molecule has 0 fully saturated rings. The largest absolute Gasteiger partial charge is 0.289 e. The van der Waals surface area contributed by atoms with E-state index in [4.69, 9.17) is 0 Å². The first kappa shape index (κ1) is 13.7. The number of benzene rings is 1. The van der Waals surface area contributed by atoms with Crippen molar-refractivity contribution in [2.75, 3.05) is 14.1 Å². The summed E-state index contributed by atoms with van der Waals surface area (Å²) in [4.78, 5) is 23.0. The first-order valence-corrected chi connectivity index (χ1v) is 5.70. The van der Waals surface area contributed by atoms with Gasteiger partial charge in [-0.3, -0.25) is 15.0 Å². The molecule has 1 aromatic carbocycles.